The van der Waals surface area contributed by atoms with Gasteiger partial charge in [-0.1, -0.05) is 34.1 Å². The molecule has 2 aromatic rings. The molecule has 0 bridgehead atoms. The molecule has 0 N–H and O–H groups in total. The Labute approximate surface area is 91.7 Å². The summed E-state index contributed by atoms with van der Waals surface area (Å²) in [7, 11) is 1.96. The Balaban J connectivity index is 2.28. The van der Waals surface area contributed by atoms with Gasteiger partial charge in [0.25, 0.3) is 0 Å². The summed E-state index contributed by atoms with van der Waals surface area (Å²) in [5.74, 6) is 0. The average molecular weight is 251 g/mol. The third-order valence-electron chi connectivity index (χ3n) is 2.25. The molecule has 0 atom stereocenters. The number of nitrogens with zero attached hydrogens (tertiary/aromatic N) is 2. The number of aryl methyl sites for hydroxylation is 1. The Hall–Kier alpha value is -1.09. The normalized spacial score (nSPS) is 10.4. The molecule has 0 saturated carbocycles. The first-order chi connectivity index (χ1) is 6.77. The summed E-state index contributed by atoms with van der Waals surface area (Å²) in [6.07, 6.45) is 2.74. The summed E-state index contributed by atoms with van der Waals surface area (Å²) in [4.78, 5) is 0. The maximum atomic E-state index is 4.14. The van der Waals surface area contributed by atoms with Gasteiger partial charge in [0.15, 0.2) is 0 Å². The number of rotatable bonds is 2. The van der Waals surface area contributed by atoms with Crippen LogP contribution in [0.5, 0.6) is 0 Å². The van der Waals surface area contributed by atoms with Crippen molar-refractivity contribution in [3.63, 3.8) is 0 Å². The topological polar surface area (TPSA) is 17.8 Å². The van der Waals surface area contributed by atoms with Gasteiger partial charge < -0.3 is 0 Å². The second kappa shape index (κ2) is 3.96. The van der Waals surface area contributed by atoms with E-state index in [0.717, 1.165) is 10.9 Å². The minimum Gasteiger partial charge on any atom is -0.272 e. The molecular formula is C11H11BrN2. The van der Waals surface area contributed by atoms with Gasteiger partial charge in [0.1, 0.15) is 0 Å². The van der Waals surface area contributed by atoms with E-state index in [1.54, 1.807) is 0 Å². The van der Waals surface area contributed by atoms with Crippen LogP contribution in [0.3, 0.4) is 0 Å². The monoisotopic (exact) mass is 250 g/mol. The molecule has 1 heterocycles. The van der Waals surface area contributed by atoms with Gasteiger partial charge in [0.05, 0.1) is 0 Å². The van der Waals surface area contributed by atoms with Crippen LogP contribution in [0.2, 0.25) is 0 Å². The molecule has 1 aromatic heterocycles. The molecule has 0 unspecified atom stereocenters. The van der Waals surface area contributed by atoms with Crippen molar-refractivity contribution in [1.82, 2.24) is 9.78 Å². The minimum absolute atomic E-state index is 0.915. The van der Waals surface area contributed by atoms with Crippen molar-refractivity contribution in [2.75, 3.05) is 0 Å². The summed E-state index contributed by atoms with van der Waals surface area (Å²) in [5, 5.41) is 4.14. The lowest BCUT2D eigenvalue weighted by Crippen LogP contribution is -1.99. The van der Waals surface area contributed by atoms with Crippen LogP contribution in [0.4, 0.5) is 0 Å². The zero-order valence-electron chi connectivity index (χ0n) is 7.94. The Kier molecular flexibility index (Phi) is 2.68. The van der Waals surface area contributed by atoms with Gasteiger partial charge in [-0.3, -0.25) is 4.68 Å². The summed E-state index contributed by atoms with van der Waals surface area (Å²) in [5.41, 5.74) is 2.51. The predicted octanol–water partition coefficient (Wildman–Crippen LogP) is 2.77. The molecule has 0 aliphatic rings. The highest BCUT2D eigenvalue weighted by molar-refractivity contribution is 9.10. The second-order valence-corrected chi connectivity index (χ2v) is 4.07. The van der Waals surface area contributed by atoms with Crippen molar-refractivity contribution >= 4 is 15.9 Å². The van der Waals surface area contributed by atoms with Crippen LogP contribution in [0, 0.1) is 0 Å². The molecule has 2 rings (SSSR count). The van der Waals surface area contributed by atoms with E-state index >= 15 is 0 Å². The molecule has 14 heavy (non-hydrogen) atoms. The van der Waals surface area contributed by atoms with Crippen molar-refractivity contribution in [2.45, 2.75) is 6.42 Å². The lowest BCUT2D eigenvalue weighted by molar-refractivity contribution is 0.724. The first kappa shape index (κ1) is 9.46. The number of aromatic nitrogens is 2. The zero-order chi connectivity index (χ0) is 9.97. The molecule has 0 aliphatic carbocycles. The molecule has 2 nitrogen and oxygen atoms in total. The van der Waals surface area contributed by atoms with E-state index in [9.17, 15) is 0 Å². The standard InChI is InChI=1S/C11H11BrN2/c1-14-10(6-7-13-14)8-9-4-2-3-5-11(9)12/h2-7H,8H2,1H3. The lowest BCUT2D eigenvalue weighted by atomic mass is 10.1. The van der Waals surface area contributed by atoms with E-state index in [1.165, 1.54) is 11.3 Å². The van der Waals surface area contributed by atoms with Crippen molar-refractivity contribution in [3.8, 4) is 0 Å². The van der Waals surface area contributed by atoms with Crippen molar-refractivity contribution in [1.29, 1.82) is 0 Å². The van der Waals surface area contributed by atoms with Gasteiger partial charge in [-0.2, -0.15) is 5.10 Å². The van der Waals surface area contributed by atoms with Crippen LogP contribution in [-0.4, -0.2) is 9.78 Å². The molecule has 72 valence electrons. The SMILES string of the molecule is Cn1nccc1Cc1ccccc1Br. The molecule has 0 fully saturated rings. The average Bonchev–Trinajstić information content (AvgIpc) is 2.56. The Morgan fingerprint density at radius 1 is 1.29 bits per heavy atom. The maximum Gasteiger partial charge on any atom is 0.0492 e. The minimum atomic E-state index is 0.915. The molecule has 0 spiro atoms. The number of benzene rings is 1. The third kappa shape index (κ3) is 1.87. The second-order valence-electron chi connectivity index (χ2n) is 3.21. The van der Waals surface area contributed by atoms with Gasteiger partial charge in [-0.25, -0.2) is 0 Å². The molecule has 0 aliphatic heterocycles. The highest BCUT2D eigenvalue weighted by Gasteiger charge is 2.02. The number of hydrogen-bond acceptors (Lipinski definition) is 1. The highest BCUT2D eigenvalue weighted by atomic mass is 79.9. The van der Waals surface area contributed by atoms with E-state index in [0.29, 0.717) is 0 Å². The third-order valence-corrected chi connectivity index (χ3v) is 3.03. The van der Waals surface area contributed by atoms with Gasteiger partial charge in [-0.05, 0) is 17.7 Å². The van der Waals surface area contributed by atoms with Gasteiger partial charge in [0, 0.05) is 29.8 Å². The summed E-state index contributed by atoms with van der Waals surface area (Å²) in [6, 6.07) is 10.3. The van der Waals surface area contributed by atoms with E-state index in [-0.39, 0.29) is 0 Å². The summed E-state index contributed by atoms with van der Waals surface area (Å²) >= 11 is 3.54. The zero-order valence-corrected chi connectivity index (χ0v) is 9.53. The van der Waals surface area contributed by atoms with Crippen LogP contribution in [0.15, 0.2) is 41.0 Å². The first-order valence-electron chi connectivity index (χ1n) is 4.47. The first-order valence-corrected chi connectivity index (χ1v) is 5.27. The number of halogens is 1. The quantitative estimate of drug-likeness (QED) is 0.802. The molecule has 1 aromatic carbocycles. The molecular weight excluding hydrogens is 240 g/mol. The molecule has 3 heteroatoms. The van der Waals surface area contributed by atoms with E-state index in [2.05, 4.69) is 39.2 Å². The molecule has 0 saturated heterocycles. The fraction of sp³-hybridized carbons (Fsp3) is 0.182. The Bertz CT molecular complexity index is 434. The van der Waals surface area contributed by atoms with E-state index in [4.69, 9.17) is 0 Å². The largest absolute Gasteiger partial charge is 0.272 e. The maximum absolute atomic E-state index is 4.14. The fourth-order valence-electron chi connectivity index (χ4n) is 1.41. The molecule has 0 radical (unpaired) electrons. The van der Waals surface area contributed by atoms with E-state index in [1.807, 2.05) is 30.1 Å². The highest BCUT2D eigenvalue weighted by Crippen LogP contribution is 2.18. The molecule has 0 amide bonds. The van der Waals surface area contributed by atoms with Crippen LogP contribution in [-0.2, 0) is 13.5 Å². The predicted molar refractivity (Wildman–Crippen MR) is 60.2 cm³/mol. The van der Waals surface area contributed by atoms with Crippen molar-refractivity contribution in [3.05, 3.63) is 52.3 Å². The smallest absolute Gasteiger partial charge is 0.0492 e. The number of hydrogen-bond donors (Lipinski definition) is 0. The summed E-state index contributed by atoms with van der Waals surface area (Å²) in [6.45, 7) is 0. The van der Waals surface area contributed by atoms with Gasteiger partial charge in [0.2, 0.25) is 0 Å². The van der Waals surface area contributed by atoms with Crippen LogP contribution < -0.4 is 0 Å². The van der Waals surface area contributed by atoms with Gasteiger partial charge >= 0.3 is 0 Å². The van der Waals surface area contributed by atoms with E-state index < -0.39 is 0 Å². The lowest BCUT2D eigenvalue weighted by Gasteiger charge is -2.04. The summed E-state index contributed by atoms with van der Waals surface area (Å²) < 4.78 is 3.06. The van der Waals surface area contributed by atoms with Crippen LogP contribution in [0.25, 0.3) is 0 Å². The van der Waals surface area contributed by atoms with Crippen LogP contribution in [0.1, 0.15) is 11.3 Å². The van der Waals surface area contributed by atoms with Crippen molar-refractivity contribution in [2.24, 2.45) is 7.05 Å². The van der Waals surface area contributed by atoms with Crippen molar-refractivity contribution < 1.29 is 0 Å². The Morgan fingerprint density at radius 2 is 2.07 bits per heavy atom. The van der Waals surface area contributed by atoms with Crippen LogP contribution >= 0.6 is 15.9 Å². The fourth-order valence-corrected chi connectivity index (χ4v) is 1.84. The Morgan fingerprint density at radius 3 is 2.71 bits per heavy atom. The van der Waals surface area contributed by atoms with Gasteiger partial charge in [-0.15, -0.1) is 0 Å².